The van der Waals surface area contributed by atoms with Gasteiger partial charge in [0.05, 0.1) is 22.9 Å². The van der Waals surface area contributed by atoms with Crippen LogP contribution in [0.25, 0.3) is 0 Å². The summed E-state index contributed by atoms with van der Waals surface area (Å²) in [5.41, 5.74) is -0.0621. The Labute approximate surface area is 114 Å². The first-order valence-electron chi connectivity index (χ1n) is 6.56. The highest BCUT2D eigenvalue weighted by atomic mass is 16.7. The standard InChI is InChI=1S/C13H21BN2O3/c1-9(2)17-11-15-8-7-10(16-11)14-18-12(3,4)13(5,6)19-14/h7-9H,1-6H3. The van der Waals surface area contributed by atoms with Crippen LogP contribution in [0, 0.1) is 0 Å². The Balaban J connectivity index is 2.20. The normalized spacial score (nSPS) is 20.9. The van der Waals surface area contributed by atoms with Gasteiger partial charge in [0.25, 0.3) is 0 Å². The molecule has 1 fully saturated rings. The summed E-state index contributed by atoms with van der Waals surface area (Å²) >= 11 is 0. The van der Waals surface area contributed by atoms with Crippen LogP contribution in [0.4, 0.5) is 0 Å². The van der Waals surface area contributed by atoms with E-state index in [1.165, 1.54) is 0 Å². The number of hydrogen-bond acceptors (Lipinski definition) is 5. The summed E-state index contributed by atoms with van der Waals surface area (Å²) in [6, 6.07) is 2.14. The maximum Gasteiger partial charge on any atom is 0.514 e. The molecule has 0 N–H and O–H groups in total. The molecule has 104 valence electrons. The third kappa shape index (κ3) is 2.90. The van der Waals surface area contributed by atoms with Gasteiger partial charge in [0.2, 0.25) is 0 Å². The predicted octanol–water partition coefficient (Wildman–Crippen LogP) is 1.56. The zero-order chi connectivity index (χ0) is 14.3. The van der Waals surface area contributed by atoms with Gasteiger partial charge in [-0.15, -0.1) is 0 Å². The zero-order valence-electron chi connectivity index (χ0n) is 12.4. The molecule has 0 aliphatic carbocycles. The minimum Gasteiger partial charge on any atom is -0.461 e. The van der Waals surface area contributed by atoms with Crippen molar-refractivity contribution in [2.24, 2.45) is 0 Å². The van der Waals surface area contributed by atoms with Crippen molar-refractivity contribution in [2.75, 3.05) is 0 Å². The topological polar surface area (TPSA) is 53.5 Å². The minimum absolute atomic E-state index is 0.0357. The largest absolute Gasteiger partial charge is 0.514 e. The van der Waals surface area contributed by atoms with Gasteiger partial charge < -0.3 is 14.0 Å². The van der Waals surface area contributed by atoms with E-state index in [1.807, 2.05) is 41.5 Å². The molecular formula is C13H21BN2O3. The molecule has 1 aliphatic rings. The van der Waals surface area contributed by atoms with Gasteiger partial charge in [0.1, 0.15) is 0 Å². The van der Waals surface area contributed by atoms with Gasteiger partial charge in [0, 0.05) is 6.20 Å². The maximum atomic E-state index is 5.94. The van der Waals surface area contributed by atoms with Crippen LogP contribution < -0.4 is 10.3 Å². The molecule has 1 saturated heterocycles. The van der Waals surface area contributed by atoms with Crippen LogP contribution >= 0.6 is 0 Å². The molecule has 2 rings (SSSR count). The molecule has 0 amide bonds. The number of nitrogens with zero attached hydrogens (tertiary/aromatic N) is 2. The average Bonchev–Trinajstić information content (AvgIpc) is 2.47. The average molecular weight is 264 g/mol. The molecule has 0 atom stereocenters. The van der Waals surface area contributed by atoms with Crippen LogP contribution in [-0.2, 0) is 9.31 Å². The molecule has 19 heavy (non-hydrogen) atoms. The molecule has 1 aliphatic heterocycles. The van der Waals surface area contributed by atoms with Gasteiger partial charge in [-0.2, -0.15) is 0 Å². The van der Waals surface area contributed by atoms with E-state index >= 15 is 0 Å². The monoisotopic (exact) mass is 264 g/mol. The predicted molar refractivity (Wildman–Crippen MR) is 73.5 cm³/mol. The summed E-state index contributed by atoms with van der Waals surface area (Å²) in [7, 11) is -0.484. The molecule has 1 aromatic heterocycles. The van der Waals surface area contributed by atoms with Gasteiger partial charge in [-0.3, -0.25) is 0 Å². The van der Waals surface area contributed by atoms with Crippen molar-refractivity contribution in [1.82, 2.24) is 9.97 Å². The summed E-state index contributed by atoms with van der Waals surface area (Å²) in [5.74, 6) is 0. The second-order valence-corrected chi connectivity index (χ2v) is 6.02. The molecule has 1 aromatic rings. The van der Waals surface area contributed by atoms with E-state index in [0.717, 1.165) is 0 Å². The molecule has 5 nitrogen and oxygen atoms in total. The second-order valence-electron chi connectivity index (χ2n) is 6.02. The third-order valence-corrected chi connectivity index (χ3v) is 3.49. The van der Waals surface area contributed by atoms with Crippen LogP contribution in [0.2, 0.25) is 0 Å². The Morgan fingerprint density at radius 3 is 2.26 bits per heavy atom. The smallest absolute Gasteiger partial charge is 0.461 e. The first-order valence-corrected chi connectivity index (χ1v) is 6.56. The van der Waals surface area contributed by atoms with Crippen molar-refractivity contribution >= 4 is 12.7 Å². The van der Waals surface area contributed by atoms with Crippen molar-refractivity contribution in [3.63, 3.8) is 0 Å². The van der Waals surface area contributed by atoms with Gasteiger partial charge in [-0.05, 0) is 47.6 Å². The lowest BCUT2D eigenvalue weighted by molar-refractivity contribution is 0.00578. The molecule has 0 spiro atoms. The zero-order valence-corrected chi connectivity index (χ0v) is 12.4. The number of ether oxygens (including phenoxy) is 1. The Hall–Kier alpha value is -1.14. The van der Waals surface area contributed by atoms with Crippen molar-refractivity contribution in [2.45, 2.75) is 58.8 Å². The van der Waals surface area contributed by atoms with E-state index in [4.69, 9.17) is 14.0 Å². The fraction of sp³-hybridized carbons (Fsp3) is 0.692. The number of aromatic nitrogens is 2. The van der Waals surface area contributed by atoms with E-state index in [0.29, 0.717) is 11.6 Å². The summed E-state index contributed by atoms with van der Waals surface area (Å²) < 4.78 is 17.4. The molecule has 2 heterocycles. The molecule has 6 heteroatoms. The summed E-state index contributed by atoms with van der Waals surface area (Å²) in [6.45, 7) is 11.9. The third-order valence-electron chi connectivity index (χ3n) is 3.49. The number of hydrogen-bond donors (Lipinski definition) is 0. The molecule has 0 unspecified atom stereocenters. The van der Waals surface area contributed by atoms with Gasteiger partial charge >= 0.3 is 13.1 Å². The van der Waals surface area contributed by atoms with E-state index in [9.17, 15) is 0 Å². The second kappa shape index (κ2) is 4.76. The van der Waals surface area contributed by atoms with E-state index in [2.05, 4.69) is 9.97 Å². The van der Waals surface area contributed by atoms with E-state index in [-0.39, 0.29) is 17.3 Å². The van der Waals surface area contributed by atoms with Gasteiger partial charge in [0.15, 0.2) is 0 Å². The Morgan fingerprint density at radius 1 is 1.16 bits per heavy atom. The highest BCUT2D eigenvalue weighted by Gasteiger charge is 2.52. The summed E-state index contributed by atoms with van der Waals surface area (Å²) in [4.78, 5) is 8.42. The summed E-state index contributed by atoms with van der Waals surface area (Å²) in [5, 5.41) is 0. The van der Waals surface area contributed by atoms with Gasteiger partial charge in [-0.1, -0.05) is 0 Å². The highest BCUT2D eigenvalue weighted by Crippen LogP contribution is 2.36. The first kappa shape index (κ1) is 14.3. The van der Waals surface area contributed by atoms with Crippen LogP contribution in [0.1, 0.15) is 41.5 Å². The SMILES string of the molecule is CC(C)Oc1nccc(B2OC(C)(C)C(C)(C)O2)n1. The van der Waals surface area contributed by atoms with Crippen molar-refractivity contribution in [1.29, 1.82) is 0 Å². The maximum absolute atomic E-state index is 5.94. The lowest BCUT2D eigenvalue weighted by atomic mass is 9.85. The lowest BCUT2D eigenvalue weighted by Gasteiger charge is -2.32. The molecule has 0 bridgehead atoms. The highest BCUT2D eigenvalue weighted by molar-refractivity contribution is 6.61. The van der Waals surface area contributed by atoms with E-state index < -0.39 is 7.12 Å². The Kier molecular flexibility index (Phi) is 3.58. The van der Waals surface area contributed by atoms with Crippen molar-refractivity contribution < 1.29 is 14.0 Å². The van der Waals surface area contributed by atoms with Crippen LogP contribution in [0.3, 0.4) is 0 Å². The van der Waals surface area contributed by atoms with Crippen molar-refractivity contribution in [3.05, 3.63) is 12.3 Å². The van der Waals surface area contributed by atoms with Crippen LogP contribution in [-0.4, -0.2) is 34.4 Å². The lowest BCUT2D eigenvalue weighted by Crippen LogP contribution is -2.41. The van der Waals surface area contributed by atoms with Crippen LogP contribution in [0.5, 0.6) is 6.01 Å². The minimum atomic E-state index is -0.484. The van der Waals surface area contributed by atoms with E-state index in [1.54, 1.807) is 12.3 Å². The molecule has 0 radical (unpaired) electrons. The molecule has 0 saturated carbocycles. The fourth-order valence-corrected chi connectivity index (χ4v) is 1.72. The fourth-order valence-electron chi connectivity index (χ4n) is 1.72. The first-order chi connectivity index (χ1) is 8.71. The quantitative estimate of drug-likeness (QED) is 0.775. The summed E-state index contributed by atoms with van der Waals surface area (Å²) in [6.07, 6.45) is 1.69. The van der Waals surface area contributed by atoms with Gasteiger partial charge in [-0.25, -0.2) is 9.97 Å². The molecular weight excluding hydrogens is 243 g/mol. The number of rotatable bonds is 3. The van der Waals surface area contributed by atoms with Crippen molar-refractivity contribution in [3.8, 4) is 6.01 Å². The Morgan fingerprint density at radius 2 is 1.74 bits per heavy atom. The Bertz CT molecular complexity index is 447. The molecule has 0 aromatic carbocycles. The van der Waals surface area contributed by atoms with Crippen LogP contribution in [0.15, 0.2) is 12.3 Å².